The van der Waals surface area contributed by atoms with Crippen LogP contribution in [0.5, 0.6) is 0 Å². The number of nitrogen functional groups attached to an aromatic ring is 1. The van der Waals surface area contributed by atoms with Crippen LogP contribution < -0.4 is 16.2 Å². The molecule has 0 aliphatic heterocycles. The first kappa shape index (κ1) is 13.5. The standard InChI is InChI=1S/C12H14N8S/c1-19(6-9-2-5-21-7-9)11-15-10(18-13)16-12(17-11)20-4-3-14-8-20/h2-5,7-8H,6,13H2,1H3,(H,15,16,17,18). The van der Waals surface area contributed by atoms with Crippen LogP contribution in [-0.2, 0) is 6.54 Å². The topological polar surface area (TPSA) is 97.8 Å². The van der Waals surface area contributed by atoms with Crippen molar-refractivity contribution in [3.05, 3.63) is 41.1 Å². The minimum Gasteiger partial charge on any atom is -0.339 e. The van der Waals surface area contributed by atoms with Crippen molar-refractivity contribution in [2.24, 2.45) is 5.84 Å². The van der Waals surface area contributed by atoms with E-state index in [9.17, 15) is 0 Å². The Kier molecular flexibility index (Phi) is 3.75. The average Bonchev–Trinajstić information content (AvgIpc) is 3.20. The lowest BCUT2D eigenvalue weighted by Gasteiger charge is -2.17. The fraction of sp³-hybridized carbons (Fsp3) is 0.167. The Labute approximate surface area is 125 Å². The largest absolute Gasteiger partial charge is 0.339 e. The van der Waals surface area contributed by atoms with Crippen molar-refractivity contribution in [3.8, 4) is 5.95 Å². The highest BCUT2D eigenvalue weighted by Gasteiger charge is 2.11. The number of nitrogens with two attached hydrogens (primary N) is 1. The molecule has 9 heteroatoms. The molecule has 0 spiro atoms. The summed E-state index contributed by atoms with van der Waals surface area (Å²) in [5.41, 5.74) is 3.67. The molecule has 108 valence electrons. The molecule has 0 radical (unpaired) electrons. The van der Waals surface area contributed by atoms with E-state index in [1.54, 1.807) is 34.6 Å². The summed E-state index contributed by atoms with van der Waals surface area (Å²) >= 11 is 1.66. The molecule has 0 saturated heterocycles. The average molecular weight is 302 g/mol. The van der Waals surface area contributed by atoms with E-state index in [1.807, 2.05) is 17.3 Å². The second-order valence-electron chi connectivity index (χ2n) is 4.36. The molecule has 0 aliphatic rings. The number of rotatable bonds is 5. The third-order valence-electron chi connectivity index (χ3n) is 2.82. The zero-order valence-corrected chi connectivity index (χ0v) is 12.2. The van der Waals surface area contributed by atoms with E-state index in [0.717, 1.165) is 0 Å². The van der Waals surface area contributed by atoms with Crippen molar-refractivity contribution in [3.63, 3.8) is 0 Å². The molecule has 3 rings (SSSR count). The molecule has 0 aromatic carbocycles. The van der Waals surface area contributed by atoms with Gasteiger partial charge in [-0.1, -0.05) is 0 Å². The van der Waals surface area contributed by atoms with Gasteiger partial charge >= 0.3 is 0 Å². The van der Waals surface area contributed by atoms with E-state index < -0.39 is 0 Å². The Morgan fingerprint density at radius 3 is 2.95 bits per heavy atom. The van der Waals surface area contributed by atoms with Crippen molar-refractivity contribution < 1.29 is 0 Å². The van der Waals surface area contributed by atoms with Gasteiger partial charge in [-0.25, -0.2) is 10.8 Å². The lowest BCUT2D eigenvalue weighted by atomic mass is 10.3. The van der Waals surface area contributed by atoms with Crippen LogP contribution in [-0.4, -0.2) is 31.6 Å². The van der Waals surface area contributed by atoms with E-state index in [-0.39, 0.29) is 0 Å². The van der Waals surface area contributed by atoms with E-state index in [4.69, 9.17) is 5.84 Å². The van der Waals surface area contributed by atoms with E-state index in [1.165, 1.54) is 5.56 Å². The first-order chi connectivity index (χ1) is 10.3. The molecule has 0 bridgehead atoms. The van der Waals surface area contributed by atoms with E-state index in [2.05, 4.69) is 36.8 Å². The summed E-state index contributed by atoms with van der Waals surface area (Å²) in [5.74, 6) is 6.73. The Hall–Kier alpha value is -2.52. The highest BCUT2D eigenvalue weighted by Crippen LogP contribution is 2.15. The molecule has 3 aromatic rings. The van der Waals surface area contributed by atoms with Crippen LogP contribution in [0.2, 0.25) is 0 Å². The molecule has 0 saturated carbocycles. The molecule has 21 heavy (non-hydrogen) atoms. The zero-order valence-electron chi connectivity index (χ0n) is 11.3. The summed E-state index contributed by atoms with van der Waals surface area (Å²) in [7, 11) is 1.92. The number of nitrogens with zero attached hydrogens (tertiary/aromatic N) is 6. The van der Waals surface area contributed by atoms with Gasteiger partial charge in [0.15, 0.2) is 0 Å². The van der Waals surface area contributed by atoms with E-state index in [0.29, 0.717) is 24.4 Å². The van der Waals surface area contributed by atoms with Gasteiger partial charge in [0, 0.05) is 26.0 Å². The molecule has 0 aliphatic carbocycles. The van der Waals surface area contributed by atoms with Gasteiger partial charge in [0.05, 0.1) is 0 Å². The molecular weight excluding hydrogens is 288 g/mol. The predicted molar refractivity (Wildman–Crippen MR) is 81.2 cm³/mol. The van der Waals surface area contributed by atoms with Crippen molar-refractivity contribution >= 4 is 23.2 Å². The first-order valence-electron chi connectivity index (χ1n) is 6.19. The second kappa shape index (κ2) is 5.85. The molecule has 3 N–H and O–H groups in total. The van der Waals surface area contributed by atoms with Crippen LogP contribution >= 0.6 is 11.3 Å². The number of nitrogens with one attached hydrogen (secondary N) is 1. The zero-order chi connectivity index (χ0) is 14.7. The molecule has 3 heterocycles. The number of hydrazine groups is 1. The second-order valence-corrected chi connectivity index (χ2v) is 5.14. The maximum atomic E-state index is 5.43. The van der Waals surface area contributed by atoms with Crippen molar-refractivity contribution in [2.45, 2.75) is 6.54 Å². The number of aromatic nitrogens is 5. The normalized spacial score (nSPS) is 10.6. The van der Waals surface area contributed by atoms with Gasteiger partial charge in [0.2, 0.25) is 17.8 Å². The van der Waals surface area contributed by atoms with Crippen LogP contribution in [0.1, 0.15) is 5.56 Å². The lowest BCUT2D eigenvalue weighted by molar-refractivity contribution is 0.824. The fourth-order valence-corrected chi connectivity index (χ4v) is 2.47. The maximum Gasteiger partial charge on any atom is 0.243 e. The van der Waals surface area contributed by atoms with Crippen LogP contribution in [0.25, 0.3) is 5.95 Å². The summed E-state index contributed by atoms with van der Waals surface area (Å²) < 4.78 is 1.70. The Balaban J connectivity index is 1.92. The summed E-state index contributed by atoms with van der Waals surface area (Å²) in [4.78, 5) is 18.9. The van der Waals surface area contributed by atoms with Crippen molar-refractivity contribution in [2.75, 3.05) is 17.4 Å². The van der Waals surface area contributed by atoms with Gasteiger partial charge in [-0.15, -0.1) is 0 Å². The molecular formula is C12H14N8S. The van der Waals surface area contributed by atoms with Crippen LogP contribution in [0.3, 0.4) is 0 Å². The molecule has 0 fully saturated rings. The smallest absolute Gasteiger partial charge is 0.243 e. The van der Waals surface area contributed by atoms with Crippen LogP contribution in [0, 0.1) is 0 Å². The van der Waals surface area contributed by atoms with Gasteiger partial charge in [-0.3, -0.25) is 9.99 Å². The summed E-state index contributed by atoms with van der Waals surface area (Å²) in [6.45, 7) is 0.709. The summed E-state index contributed by atoms with van der Waals surface area (Å²) in [5, 5.41) is 4.14. The first-order valence-corrected chi connectivity index (χ1v) is 7.14. The Morgan fingerprint density at radius 1 is 1.38 bits per heavy atom. The quantitative estimate of drug-likeness (QED) is 0.537. The third kappa shape index (κ3) is 2.98. The monoisotopic (exact) mass is 302 g/mol. The van der Waals surface area contributed by atoms with Gasteiger partial charge < -0.3 is 4.90 Å². The summed E-state index contributed by atoms with van der Waals surface area (Å²) in [6, 6.07) is 2.07. The highest BCUT2D eigenvalue weighted by molar-refractivity contribution is 7.07. The Morgan fingerprint density at radius 2 is 2.29 bits per heavy atom. The number of hydrogen-bond donors (Lipinski definition) is 2. The van der Waals surface area contributed by atoms with Crippen LogP contribution in [0.15, 0.2) is 35.5 Å². The number of thiophene rings is 1. The van der Waals surface area contributed by atoms with E-state index >= 15 is 0 Å². The van der Waals surface area contributed by atoms with Crippen molar-refractivity contribution in [1.82, 2.24) is 24.5 Å². The van der Waals surface area contributed by atoms with Gasteiger partial charge in [-0.05, 0) is 22.4 Å². The van der Waals surface area contributed by atoms with Crippen molar-refractivity contribution in [1.29, 1.82) is 0 Å². The Bertz CT molecular complexity index is 694. The fourth-order valence-electron chi connectivity index (χ4n) is 1.81. The number of imidazole rings is 1. The summed E-state index contributed by atoms with van der Waals surface area (Å²) in [6.07, 6.45) is 5.05. The molecule has 0 unspecified atom stereocenters. The SMILES string of the molecule is CN(Cc1ccsc1)c1nc(NN)nc(-n2ccnc2)n1. The van der Waals surface area contributed by atoms with Gasteiger partial charge in [-0.2, -0.15) is 26.3 Å². The third-order valence-corrected chi connectivity index (χ3v) is 3.55. The molecule has 8 nitrogen and oxygen atoms in total. The van der Waals surface area contributed by atoms with Crippen LogP contribution in [0.4, 0.5) is 11.9 Å². The minimum atomic E-state index is 0.306. The highest BCUT2D eigenvalue weighted by atomic mass is 32.1. The molecule has 0 amide bonds. The molecule has 0 atom stereocenters. The maximum absolute atomic E-state index is 5.43. The number of anilines is 2. The molecule has 3 aromatic heterocycles. The number of hydrogen-bond acceptors (Lipinski definition) is 8. The minimum absolute atomic E-state index is 0.306. The van der Waals surface area contributed by atoms with Gasteiger partial charge in [0.1, 0.15) is 6.33 Å². The lowest BCUT2D eigenvalue weighted by Crippen LogP contribution is -2.22. The van der Waals surface area contributed by atoms with Gasteiger partial charge in [0.25, 0.3) is 0 Å². The predicted octanol–water partition coefficient (Wildman–Crippen LogP) is 1.04.